The molecule has 0 spiro atoms. The molecule has 56 valence electrons. The number of rotatable bonds is 2. The zero-order chi connectivity index (χ0) is 7.94. The van der Waals surface area contributed by atoms with Crippen molar-refractivity contribution in [2.75, 3.05) is 0 Å². The topological polar surface area (TPSA) is 74.6 Å². The minimum atomic E-state index is -1.01. The molecule has 0 aromatic rings. The van der Waals surface area contributed by atoms with Gasteiger partial charge in [0.05, 0.1) is 11.3 Å². The molecule has 1 aliphatic rings. The lowest BCUT2D eigenvalue weighted by atomic mass is 10.1. The van der Waals surface area contributed by atoms with Crippen LogP contribution in [-0.4, -0.2) is 22.2 Å². The van der Waals surface area contributed by atoms with E-state index in [1.807, 2.05) is 0 Å². The lowest BCUT2D eigenvalue weighted by Crippen LogP contribution is -2.16. The predicted octanol–water partition coefficient (Wildman–Crippen LogP) is 0.182. The molecule has 1 aliphatic carbocycles. The summed E-state index contributed by atoms with van der Waals surface area (Å²) in [7, 11) is 0. The highest BCUT2D eigenvalue weighted by molar-refractivity contribution is 5.88. The Balaban J connectivity index is 2.65. The Kier molecular flexibility index (Phi) is 1.21. The summed E-state index contributed by atoms with van der Waals surface area (Å²) in [4.78, 5) is 20.6. The van der Waals surface area contributed by atoms with Crippen LogP contribution >= 0.6 is 0 Å². The van der Waals surface area contributed by atoms with Crippen LogP contribution in [0.15, 0.2) is 0 Å². The predicted molar refractivity (Wildman–Crippen MR) is 31.5 cm³/mol. The van der Waals surface area contributed by atoms with Gasteiger partial charge in [0.1, 0.15) is 0 Å². The number of hydrogen-bond donors (Lipinski definition) is 2. The van der Waals surface area contributed by atoms with E-state index in [1.54, 1.807) is 0 Å². The number of carboxylic acids is 2. The van der Waals surface area contributed by atoms with E-state index in [-0.39, 0.29) is 6.42 Å². The van der Waals surface area contributed by atoms with Crippen molar-refractivity contribution < 1.29 is 19.8 Å². The van der Waals surface area contributed by atoms with Crippen molar-refractivity contribution >= 4 is 11.9 Å². The molecule has 0 aliphatic heterocycles. The smallest absolute Gasteiger partial charge is 0.310 e. The van der Waals surface area contributed by atoms with Gasteiger partial charge in [-0.3, -0.25) is 9.59 Å². The SMILES string of the molecule is C[C@]1(C(=O)O)C[C@@H]1C(=O)O. The molecular formula is C6H8O4. The maximum atomic E-state index is 10.3. The monoisotopic (exact) mass is 144 g/mol. The van der Waals surface area contributed by atoms with Crippen molar-refractivity contribution in [2.45, 2.75) is 13.3 Å². The summed E-state index contributed by atoms with van der Waals surface area (Å²) in [5.74, 6) is -2.70. The van der Waals surface area contributed by atoms with E-state index in [1.165, 1.54) is 6.92 Å². The maximum absolute atomic E-state index is 10.3. The third-order valence-electron chi connectivity index (χ3n) is 2.02. The highest BCUT2D eigenvalue weighted by atomic mass is 16.4. The Bertz CT molecular complexity index is 198. The zero-order valence-electron chi connectivity index (χ0n) is 5.50. The quantitative estimate of drug-likeness (QED) is 0.579. The van der Waals surface area contributed by atoms with Gasteiger partial charge < -0.3 is 10.2 Å². The molecule has 4 heteroatoms. The molecule has 1 saturated carbocycles. The van der Waals surface area contributed by atoms with Gasteiger partial charge in [0.15, 0.2) is 0 Å². The molecule has 4 nitrogen and oxygen atoms in total. The van der Waals surface area contributed by atoms with E-state index >= 15 is 0 Å². The van der Waals surface area contributed by atoms with E-state index < -0.39 is 23.3 Å². The first-order valence-electron chi connectivity index (χ1n) is 2.94. The third kappa shape index (κ3) is 0.761. The zero-order valence-corrected chi connectivity index (χ0v) is 5.50. The molecule has 2 atom stereocenters. The van der Waals surface area contributed by atoms with Crippen molar-refractivity contribution in [3.63, 3.8) is 0 Å². The maximum Gasteiger partial charge on any atom is 0.310 e. The Morgan fingerprint density at radius 2 is 2.00 bits per heavy atom. The van der Waals surface area contributed by atoms with Crippen LogP contribution in [0.25, 0.3) is 0 Å². The molecule has 0 radical (unpaired) electrons. The number of hydrogen-bond acceptors (Lipinski definition) is 2. The Morgan fingerprint density at radius 3 is 2.10 bits per heavy atom. The fraction of sp³-hybridized carbons (Fsp3) is 0.667. The summed E-state index contributed by atoms with van der Waals surface area (Å²) in [6.45, 7) is 1.45. The second-order valence-corrected chi connectivity index (χ2v) is 2.82. The molecule has 0 aromatic heterocycles. The Labute approximate surface area is 57.5 Å². The molecule has 10 heavy (non-hydrogen) atoms. The fourth-order valence-corrected chi connectivity index (χ4v) is 0.961. The largest absolute Gasteiger partial charge is 0.481 e. The number of aliphatic carboxylic acids is 2. The number of carbonyl (C=O) groups is 2. The second-order valence-electron chi connectivity index (χ2n) is 2.82. The van der Waals surface area contributed by atoms with Gasteiger partial charge in [-0.1, -0.05) is 0 Å². The lowest BCUT2D eigenvalue weighted by Gasteiger charge is -1.99. The molecule has 1 fully saturated rings. The summed E-state index contributed by atoms with van der Waals surface area (Å²) in [6, 6.07) is 0. The van der Waals surface area contributed by atoms with Crippen molar-refractivity contribution in [1.82, 2.24) is 0 Å². The van der Waals surface area contributed by atoms with Gasteiger partial charge in [-0.25, -0.2) is 0 Å². The van der Waals surface area contributed by atoms with E-state index in [2.05, 4.69) is 0 Å². The van der Waals surface area contributed by atoms with Crippen molar-refractivity contribution in [2.24, 2.45) is 11.3 Å². The van der Waals surface area contributed by atoms with Crippen LogP contribution in [0, 0.1) is 11.3 Å². The van der Waals surface area contributed by atoms with Crippen LogP contribution in [0.4, 0.5) is 0 Å². The van der Waals surface area contributed by atoms with E-state index in [0.29, 0.717) is 0 Å². The first-order valence-corrected chi connectivity index (χ1v) is 2.94. The van der Waals surface area contributed by atoms with Gasteiger partial charge in [0.25, 0.3) is 0 Å². The molecule has 2 N–H and O–H groups in total. The lowest BCUT2D eigenvalue weighted by molar-refractivity contribution is -0.148. The first-order chi connectivity index (χ1) is 4.48. The second kappa shape index (κ2) is 1.71. The van der Waals surface area contributed by atoms with E-state index in [0.717, 1.165) is 0 Å². The van der Waals surface area contributed by atoms with Gasteiger partial charge >= 0.3 is 11.9 Å². The van der Waals surface area contributed by atoms with Crippen molar-refractivity contribution in [3.8, 4) is 0 Å². The summed E-state index contributed by atoms with van der Waals surface area (Å²) >= 11 is 0. The summed E-state index contributed by atoms with van der Waals surface area (Å²) < 4.78 is 0. The minimum absolute atomic E-state index is 0.262. The molecule has 0 bridgehead atoms. The van der Waals surface area contributed by atoms with Crippen LogP contribution in [0.5, 0.6) is 0 Å². The highest BCUT2D eigenvalue weighted by Crippen LogP contribution is 2.52. The molecule has 0 amide bonds. The summed E-state index contributed by atoms with van der Waals surface area (Å²) in [6.07, 6.45) is 0.262. The van der Waals surface area contributed by atoms with Crippen LogP contribution in [0.2, 0.25) is 0 Å². The Morgan fingerprint density at radius 1 is 1.50 bits per heavy atom. The van der Waals surface area contributed by atoms with Gasteiger partial charge in [0.2, 0.25) is 0 Å². The van der Waals surface area contributed by atoms with Crippen LogP contribution in [0.3, 0.4) is 0 Å². The standard InChI is InChI=1S/C6H8O4/c1-6(5(9)10)2-3(6)4(7)8/h3H,2H2,1H3,(H,7,8)(H,9,10)/t3-,6+/m1/s1. The van der Waals surface area contributed by atoms with Gasteiger partial charge in [-0.2, -0.15) is 0 Å². The average molecular weight is 144 g/mol. The molecule has 0 saturated heterocycles. The molecule has 0 unspecified atom stereocenters. The summed E-state index contributed by atoms with van der Waals surface area (Å²) in [5.41, 5.74) is -0.994. The van der Waals surface area contributed by atoms with E-state index in [4.69, 9.17) is 10.2 Å². The summed E-state index contributed by atoms with van der Waals surface area (Å²) in [5, 5.41) is 16.8. The van der Waals surface area contributed by atoms with Crippen molar-refractivity contribution in [1.29, 1.82) is 0 Å². The fourth-order valence-electron chi connectivity index (χ4n) is 0.961. The molecule has 0 aromatic carbocycles. The van der Waals surface area contributed by atoms with Crippen LogP contribution < -0.4 is 0 Å². The highest BCUT2D eigenvalue weighted by Gasteiger charge is 2.60. The molecular weight excluding hydrogens is 136 g/mol. The van der Waals surface area contributed by atoms with Crippen LogP contribution in [0.1, 0.15) is 13.3 Å². The van der Waals surface area contributed by atoms with Crippen molar-refractivity contribution in [3.05, 3.63) is 0 Å². The third-order valence-corrected chi connectivity index (χ3v) is 2.02. The minimum Gasteiger partial charge on any atom is -0.481 e. The average Bonchev–Trinajstić information content (AvgIpc) is 2.43. The van der Waals surface area contributed by atoms with Gasteiger partial charge in [-0.15, -0.1) is 0 Å². The normalized spacial score (nSPS) is 37.1. The number of carboxylic acid groups (broad SMARTS) is 2. The van der Waals surface area contributed by atoms with Gasteiger partial charge in [0, 0.05) is 0 Å². The van der Waals surface area contributed by atoms with E-state index in [9.17, 15) is 9.59 Å². The van der Waals surface area contributed by atoms with Crippen LogP contribution in [-0.2, 0) is 9.59 Å². The first kappa shape index (κ1) is 7.05. The molecule has 0 heterocycles. The molecule has 1 rings (SSSR count). The van der Waals surface area contributed by atoms with Gasteiger partial charge in [-0.05, 0) is 13.3 Å². The Hall–Kier alpha value is -1.06.